The number of nitrogens with zero attached hydrogens (tertiary/aromatic N) is 1. The Labute approximate surface area is 211 Å². The molecule has 0 spiro atoms. The zero-order valence-electron chi connectivity index (χ0n) is 20.7. The first-order chi connectivity index (χ1) is 17.5. The van der Waals surface area contributed by atoms with Crippen LogP contribution in [0.15, 0.2) is 66.7 Å². The van der Waals surface area contributed by atoms with Crippen molar-refractivity contribution in [1.29, 1.82) is 0 Å². The van der Waals surface area contributed by atoms with Crippen LogP contribution in [0.4, 0.5) is 5.69 Å². The molecule has 0 unspecified atom stereocenters. The minimum absolute atomic E-state index is 0.109. The lowest BCUT2D eigenvalue weighted by Gasteiger charge is -2.42. The Kier molecular flexibility index (Phi) is 6.55. The van der Waals surface area contributed by atoms with Gasteiger partial charge in [0.2, 0.25) is 12.7 Å². The maximum absolute atomic E-state index is 14.0. The van der Waals surface area contributed by atoms with Gasteiger partial charge >= 0.3 is 0 Å². The van der Waals surface area contributed by atoms with Crippen LogP contribution in [0.5, 0.6) is 17.2 Å². The SMILES string of the molecule is COc1ccc([C@H]2[C@@H](C(=O)NCCC(C)C)c3ccccc3C(=O)N2c2ccc3c(c2)OCO3)cc1. The van der Waals surface area contributed by atoms with Crippen molar-refractivity contribution in [2.75, 3.05) is 25.3 Å². The van der Waals surface area contributed by atoms with E-state index in [1.54, 1.807) is 30.2 Å². The van der Waals surface area contributed by atoms with E-state index in [-0.39, 0.29) is 18.6 Å². The Bertz CT molecular complexity index is 1270. The van der Waals surface area contributed by atoms with Crippen LogP contribution in [0.25, 0.3) is 0 Å². The number of ether oxygens (including phenoxy) is 3. The number of benzene rings is 3. The topological polar surface area (TPSA) is 77.1 Å². The van der Waals surface area contributed by atoms with Gasteiger partial charge in [0, 0.05) is 23.9 Å². The predicted octanol–water partition coefficient (Wildman–Crippen LogP) is 5.07. The number of rotatable bonds is 7. The molecule has 7 heteroatoms. The third-order valence-electron chi connectivity index (χ3n) is 6.73. The van der Waals surface area contributed by atoms with Crippen LogP contribution in [0.1, 0.15) is 53.7 Å². The third kappa shape index (κ3) is 4.37. The van der Waals surface area contributed by atoms with Crippen molar-refractivity contribution in [3.8, 4) is 17.2 Å². The van der Waals surface area contributed by atoms with Crippen molar-refractivity contribution < 1.29 is 23.8 Å². The van der Waals surface area contributed by atoms with Crippen molar-refractivity contribution in [1.82, 2.24) is 5.32 Å². The lowest BCUT2D eigenvalue weighted by atomic mass is 9.78. The molecule has 2 heterocycles. The van der Waals surface area contributed by atoms with E-state index in [9.17, 15) is 9.59 Å². The molecule has 1 N–H and O–H groups in total. The number of amides is 2. The summed E-state index contributed by atoms with van der Waals surface area (Å²) in [6.07, 6.45) is 0.873. The number of fused-ring (bicyclic) bond motifs is 2. The minimum Gasteiger partial charge on any atom is -0.497 e. The molecule has 0 bridgehead atoms. The van der Waals surface area contributed by atoms with E-state index in [0.29, 0.717) is 41.0 Å². The number of anilines is 1. The van der Waals surface area contributed by atoms with E-state index in [1.165, 1.54) is 0 Å². The Hall–Kier alpha value is -4.00. The lowest BCUT2D eigenvalue weighted by molar-refractivity contribution is -0.123. The molecule has 0 fully saturated rings. The smallest absolute Gasteiger partial charge is 0.259 e. The molecule has 0 aliphatic carbocycles. The van der Waals surface area contributed by atoms with Gasteiger partial charge in [-0.1, -0.05) is 44.2 Å². The summed E-state index contributed by atoms with van der Waals surface area (Å²) < 4.78 is 16.4. The molecule has 5 rings (SSSR count). The van der Waals surface area contributed by atoms with E-state index in [0.717, 1.165) is 17.5 Å². The highest BCUT2D eigenvalue weighted by Crippen LogP contribution is 2.47. The monoisotopic (exact) mass is 486 g/mol. The fraction of sp³-hybridized carbons (Fsp3) is 0.310. The molecule has 3 aromatic rings. The second-order valence-electron chi connectivity index (χ2n) is 9.47. The van der Waals surface area contributed by atoms with Crippen molar-refractivity contribution in [3.05, 3.63) is 83.4 Å². The van der Waals surface area contributed by atoms with Gasteiger partial charge in [-0.25, -0.2) is 0 Å². The van der Waals surface area contributed by atoms with Gasteiger partial charge in [-0.3, -0.25) is 14.5 Å². The van der Waals surface area contributed by atoms with Crippen LogP contribution >= 0.6 is 0 Å². The molecule has 3 aromatic carbocycles. The summed E-state index contributed by atoms with van der Waals surface area (Å²) in [4.78, 5) is 29.5. The van der Waals surface area contributed by atoms with Crippen molar-refractivity contribution in [2.24, 2.45) is 5.92 Å². The minimum atomic E-state index is -0.607. The largest absolute Gasteiger partial charge is 0.497 e. The second-order valence-corrected chi connectivity index (χ2v) is 9.47. The van der Waals surface area contributed by atoms with Crippen LogP contribution in [0, 0.1) is 5.92 Å². The van der Waals surface area contributed by atoms with E-state index in [4.69, 9.17) is 14.2 Å². The average molecular weight is 487 g/mol. The molecule has 0 saturated heterocycles. The molecule has 2 atom stereocenters. The van der Waals surface area contributed by atoms with Gasteiger partial charge in [-0.05, 0) is 53.8 Å². The molecule has 186 valence electrons. The van der Waals surface area contributed by atoms with Gasteiger partial charge in [0.25, 0.3) is 5.91 Å². The highest BCUT2D eigenvalue weighted by Gasteiger charge is 2.45. The van der Waals surface area contributed by atoms with Gasteiger partial charge in [-0.2, -0.15) is 0 Å². The van der Waals surface area contributed by atoms with Crippen LogP contribution in [0.3, 0.4) is 0 Å². The molecule has 0 aromatic heterocycles. The third-order valence-corrected chi connectivity index (χ3v) is 6.73. The second kappa shape index (κ2) is 9.93. The number of hydrogen-bond acceptors (Lipinski definition) is 5. The first-order valence-corrected chi connectivity index (χ1v) is 12.2. The van der Waals surface area contributed by atoms with E-state index in [1.807, 2.05) is 48.5 Å². The number of nitrogens with one attached hydrogen (secondary N) is 1. The van der Waals surface area contributed by atoms with Crippen molar-refractivity contribution in [2.45, 2.75) is 32.2 Å². The maximum atomic E-state index is 14.0. The summed E-state index contributed by atoms with van der Waals surface area (Å²) in [5.41, 5.74) is 2.71. The number of methoxy groups -OCH3 is 1. The molecule has 7 nitrogen and oxygen atoms in total. The summed E-state index contributed by atoms with van der Waals surface area (Å²) >= 11 is 0. The Balaban J connectivity index is 1.65. The molecule has 0 radical (unpaired) electrons. The fourth-order valence-corrected chi connectivity index (χ4v) is 4.87. The van der Waals surface area contributed by atoms with Gasteiger partial charge in [0.1, 0.15) is 5.75 Å². The molecule has 36 heavy (non-hydrogen) atoms. The summed E-state index contributed by atoms with van der Waals surface area (Å²) in [7, 11) is 1.61. The van der Waals surface area contributed by atoms with Gasteiger partial charge < -0.3 is 19.5 Å². The van der Waals surface area contributed by atoms with Crippen LogP contribution < -0.4 is 24.4 Å². The van der Waals surface area contributed by atoms with Gasteiger partial charge in [-0.15, -0.1) is 0 Å². The van der Waals surface area contributed by atoms with Crippen LogP contribution in [-0.4, -0.2) is 32.3 Å². The number of carbonyl (C=O) groups excluding carboxylic acids is 2. The van der Waals surface area contributed by atoms with Gasteiger partial charge in [0.15, 0.2) is 11.5 Å². The van der Waals surface area contributed by atoms with Crippen molar-refractivity contribution in [3.63, 3.8) is 0 Å². The first kappa shape index (κ1) is 23.7. The van der Waals surface area contributed by atoms with E-state index >= 15 is 0 Å². The number of hydrogen-bond donors (Lipinski definition) is 1. The fourth-order valence-electron chi connectivity index (χ4n) is 4.87. The maximum Gasteiger partial charge on any atom is 0.259 e. The van der Waals surface area contributed by atoms with E-state index in [2.05, 4.69) is 19.2 Å². The summed E-state index contributed by atoms with van der Waals surface area (Å²) in [6.45, 7) is 4.96. The normalized spacial score (nSPS) is 18.2. The summed E-state index contributed by atoms with van der Waals surface area (Å²) in [5, 5.41) is 3.13. The Morgan fingerprint density at radius 2 is 1.81 bits per heavy atom. The molecular weight excluding hydrogens is 456 g/mol. The lowest BCUT2D eigenvalue weighted by Crippen LogP contribution is -2.47. The van der Waals surface area contributed by atoms with E-state index < -0.39 is 12.0 Å². The standard InChI is InChI=1S/C29H30N2O5/c1-18(2)14-15-30-28(32)26-22-6-4-5-7-23(22)29(33)31(20-10-13-24-25(16-20)36-17-35-24)27(26)19-8-11-21(34-3)12-9-19/h4-13,16,18,26-27H,14-15,17H2,1-3H3,(H,30,32)/t26-,27-/m0/s1. The highest BCUT2D eigenvalue weighted by molar-refractivity contribution is 6.11. The summed E-state index contributed by atoms with van der Waals surface area (Å²) in [6, 6.07) is 19.8. The molecular formula is C29H30N2O5. The Morgan fingerprint density at radius 3 is 2.56 bits per heavy atom. The first-order valence-electron chi connectivity index (χ1n) is 12.2. The van der Waals surface area contributed by atoms with Gasteiger partial charge in [0.05, 0.1) is 19.1 Å². The quantitative estimate of drug-likeness (QED) is 0.505. The van der Waals surface area contributed by atoms with Crippen LogP contribution in [0.2, 0.25) is 0 Å². The molecule has 2 aliphatic heterocycles. The molecule has 2 aliphatic rings. The van der Waals surface area contributed by atoms with Crippen LogP contribution in [-0.2, 0) is 4.79 Å². The average Bonchev–Trinajstić information content (AvgIpc) is 3.36. The predicted molar refractivity (Wildman–Crippen MR) is 137 cm³/mol. The summed E-state index contributed by atoms with van der Waals surface area (Å²) in [5.74, 6) is 1.49. The van der Waals surface area contributed by atoms with Crippen molar-refractivity contribution >= 4 is 17.5 Å². The zero-order chi connectivity index (χ0) is 25.2. The number of carbonyl (C=O) groups is 2. The molecule has 2 amide bonds. The zero-order valence-corrected chi connectivity index (χ0v) is 20.7. The highest BCUT2D eigenvalue weighted by atomic mass is 16.7. The molecule has 0 saturated carbocycles. The Morgan fingerprint density at radius 1 is 1.06 bits per heavy atom.